The minimum absolute atomic E-state index is 0.167. The van der Waals surface area contributed by atoms with Gasteiger partial charge in [0.2, 0.25) is 0 Å². The molecule has 1 saturated heterocycles. The highest BCUT2D eigenvalue weighted by Gasteiger charge is 2.24. The van der Waals surface area contributed by atoms with Crippen molar-refractivity contribution in [3.63, 3.8) is 0 Å². The number of piperazine rings is 1. The molecule has 1 fully saturated rings. The van der Waals surface area contributed by atoms with Crippen LogP contribution in [-0.4, -0.2) is 43.2 Å². The van der Waals surface area contributed by atoms with E-state index >= 15 is 0 Å². The van der Waals surface area contributed by atoms with Crippen molar-refractivity contribution in [1.29, 1.82) is 0 Å². The van der Waals surface area contributed by atoms with Crippen molar-refractivity contribution in [3.8, 4) is 0 Å². The largest absolute Gasteiger partial charge is 0.328 e. The molecule has 0 aromatic heterocycles. The number of amides is 1. The Morgan fingerprint density at radius 2 is 1.68 bits per heavy atom. The van der Waals surface area contributed by atoms with E-state index in [4.69, 9.17) is 0 Å². The fraction of sp³-hybridized carbons (Fsp3) is 0.292. The number of nitrogens with zero attached hydrogens (tertiary/aromatic N) is 1. The smallest absolute Gasteiger partial charge is 0.254 e. The van der Waals surface area contributed by atoms with E-state index in [2.05, 4.69) is 60.9 Å². The maximum Gasteiger partial charge on any atom is 0.254 e. The number of thioether (sulfide) groups is 1. The summed E-state index contributed by atoms with van der Waals surface area (Å²) in [7, 11) is 0. The first-order chi connectivity index (χ1) is 13.7. The lowest BCUT2D eigenvalue weighted by Crippen LogP contribution is -3.13. The van der Waals surface area contributed by atoms with Crippen molar-refractivity contribution in [1.82, 2.24) is 4.90 Å². The van der Waals surface area contributed by atoms with Crippen LogP contribution in [0.25, 0.3) is 10.8 Å². The summed E-state index contributed by atoms with van der Waals surface area (Å²) in [6, 6.07) is 23.3. The van der Waals surface area contributed by atoms with E-state index in [1.165, 1.54) is 21.9 Å². The number of carbonyl (C=O) groups is 1. The van der Waals surface area contributed by atoms with Crippen molar-refractivity contribution in [2.45, 2.75) is 12.3 Å². The van der Waals surface area contributed by atoms with Crippen molar-refractivity contribution >= 4 is 28.4 Å². The van der Waals surface area contributed by atoms with Crippen molar-refractivity contribution < 1.29 is 9.69 Å². The highest BCUT2D eigenvalue weighted by molar-refractivity contribution is 7.97. The van der Waals surface area contributed by atoms with Crippen LogP contribution in [0, 0.1) is 0 Å². The van der Waals surface area contributed by atoms with Crippen LogP contribution in [0.3, 0.4) is 0 Å². The van der Waals surface area contributed by atoms with E-state index in [9.17, 15) is 4.79 Å². The number of fused-ring (bicyclic) bond motifs is 1. The topological polar surface area (TPSA) is 24.8 Å². The van der Waals surface area contributed by atoms with Gasteiger partial charge >= 0.3 is 0 Å². The standard InChI is InChI=1S/C24H26N2OS/c1-28-18-19-9-11-21(12-10-19)24(27)26-15-13-25(14-16-26)17-22-7-4-6-20-5-2-3-8-23(20)22/h2-12H,13-18H2,1H3/p+1. The normalized spacial score (nSPS) is 15.1. The van der Waals surface area contributed by atoms with Crippen molar-refractivity contribution in [2.75, 3.05) is 32.4 Å². The van der Waals surface area contributed by atoms with Gasteiger partial charge in [0.05, 0.1) is 26.2 Å². The third-order valence-electron chi connectivity index (χ3n) is 5.59. The number of quaternary nitrogens is 1. The van der Waals surface area contributed by atoms with Gasteiger partial charge in [-0.1, -0.05) is 54.6 Å². The van der Waals surface area contributed by atoms with Gasteiger partial charge in [0, 0.05) is 16.9 Å². The molecule has 0 atom stereocenters. The van der Waals surface area contributed by atoms with E-state index in [0.29, 0.717) is 0 Å². The quantitative estimate of drug-likeness (QED) is 0.722. The third-order valence-corrected chi connectivity index (χ3v) is 6.21. The zero-order valence-corrected chi connectivity index (χ0v) is 17.2. The van der Waals surface area contributed by atoms with Crippen LogP contribution >= 0.6 is 11.8 Å². The molecule has 144 valence electrons. The Morgan fingerprint density at radius 3 is 2.43 bits per heavy atom. The van der Waals surface area contributed by atoms with Crippen LogP contribution in [0.15, 0.2) is 66.7 Å². The van der Waals surface area contributed by atoms with Gasteiger partial charge in [0.15, 0.2) is 0 Å². The Bertz CT molecular complexity index is 941. The molecule has 28 heavy (non-hydrogen) atoms. The summed E-state index contributed by atoms with van der Waals surface area (Å²) >= 11 is 1.80. The first-order valence-corrected chi connectivity index (χ1v) is 11.3. The lowest BCUT2D eigenvalue weighted by Gasteiger charge is -2.32. The highest BCUT2D eigenvalue weighted by atomic mass is 32.2. The summed E-state index contributed by atoms with van der Waals surface area (Å²) in [5, 5.41) is 2.65. The number of nitrogens with one attached hydrogen (secondary N) is 1. The number of rotatable bonds is 5. The Balaban J connectivity index is 1.37. The number of carbonyl (C=O) groups excluding carboxylic acids is 1. The van der Waals surface area contributed by atoms with Crippen LogP contribution in [0.5, 0.6) is 0 Å². The minimum Gasteiger partial charge on any atom is -0.328 e. The monoisotopic (exact) mass is 391 g/mol. The summed E-state index contributed by atoms with van der Waals surface area (Å²) in [4.78, 5) is 16.4. The average Bonchev–Trinajstić information content (AvgIpc) is 2.75. The molecule has 1 aliphatic heterocycles. The first-order valence-electron chi connectivity index (χ1n) is 9.92. The molecule has 0 aliphatic carbocycles. The number of hydrogen-bond donors (Lipinski definition) is 1. The van der Waals surface area contributed by atoms with E-state index in [-0.39, 0.29) is 5.91 Å². The predicted octanol–water partition coefficient (Wildman–Crippen LogP) is 3.24. The molecular weight excluding hydrogens is 364 g/mol. The molecule has 4 heteroatoms. The molecule has 1 heterocycles. The fourth-order valence-electron chi connectivity index (χ4n) is 4.01. The molecule has 0 spiro atoms. The van der Waals surface area contributed by atoms with E-state index in [1.807, 2.05) is 17.0 Å². The molecule has 1 N–H and O–H groups in total. The second-order valence-corrected chi connectivity index (χ2v) is 8.35. The predicted molar refractivity (Wildman–Crippen MR) is 118 cm³/mol. The van der Waals surface area contributed by atoms with Gasteiger partial charge in [-0.2, -0.15) is 11.8 Å². The molecule has 3 nitrogen and oxygen atoms in total. The maximum absolute atomic E-state index is 12.8. The molecule has 0 radical (unpaired) electrons. The molecule has 3 aromatic carbocycles. The Morgan fingerprint density at radius 1 is 0.964 bits per heavy atom. The number of benzene rings is 3. The van der Waals surface area contributed by atoms with Gasteiger partial charge in [0.25, 0.3) is 5.91 Å². The Kier molecular flexibility index (Phi) is 5.98. The molecule has 1 amide bonds. The van der Waals surface area contributed by atoms with E-state index in [0.717, 1.165) is 44.0 Å². The van der Waals surface area contributed by atoms with Crippen LogP contribution in [0.1, 0.15) is 21.5 Å². The summed E-state index contributed by atoms with van der Waals surface area (Å²) in [5.74, 6) is 1.16. The highest BCUT2D eigenvalue weighted by Crippen LogP contribution is 2.18. The number of hydrogen-bond acceptors (Lipinski definition) is 2. The Hall–Kier alpha value is -2.30. The summed E-state index contributed by atoms with van der Waals surface area (Å²) in [6.07, 6.45) is 2.10. The van der Waals surface area contributed by atoms with Gasteiger partial charge < -0.3 is 9.80 Å². The minimum atomic E-state index is 0.167. The van der Waals surface area contributed by atoms with E-state index in [1.54, 1.807) is 16.7 Å². The zero-order chi connectivity index (χ0) is 19.3. The maximum atomic E-state index is 12.8. The average molecular weight is 392 g/mol. The van der Waals surface area contributed by atoms with Crippen LogP contribution in [0.4, 0.5) is 0 Å². The van der Waals surface area contributed by atoms with Crippen LogP contribution < -0.4 is 4.90 Å². The molecule has 1 aliphatic rings. The second kappa shape index (κ2) is 8.80. The van der Waals surface area contributed by atoms with Crippen molar-refractivity contribution in [3.05, 3.63) is 83.4 Å². The first kappa shape index (κ1) is 19.0. The molecule has 3 aromatic rings. The molecular formula is C24H27N2OS+. The van der Waals surface area contributed by atoms with Crippen molar-refractivity contribution in [2.24, 2.45) is 0 Å². The molecule has 0 saturated carbocycles. The summed E-state index contributed by atoms with van der Waals surface area (Å²) in [5.41, 5.74) is 3.48. The second-order valence-electron chi connectivity index (χ2n) is 7.49. The molecule has 0 bridgehead atoms. The lowest BCUT2D eigenvalue weighted by atomic mass is 10.0. The summed E-state index contributed by atoms with van der Waals surface area (Å²) in [6.45, 7) is 4.67. The van der Waals surface area contributed by atoms with Crippen LogP contribution in [-0.2, 0) is 12.3 Å². The third kappa shape index (κ3) is 4.23. The summed E-state index contributed by atoms with van der Waals surface area (Å²) < 4.78 is 0. The zero-order valence-electron chi connectivity index (χ0n) is 16.4. The fourth-order valence-corrected chi connectivity index (χ4v) is 4.54. The SMILES string of the molecule is CSCc1ccc(C(=O)N2CC[NH+](Cc3cccc4ccccc34)CC2)cc1. The lowest BCUT2D eigenvalue weighted by molar-refractivity contribution is -0.917. The van der Waals surface area contributed by atoms with Crippen LogP contribution in [0.2, 0.25) is 0 Å². The van der Waals surface area contributed by atoms with Gasteiger partial charge in [-0.15, -0.1) is 0 Å². The molecule has 0 unspecified atom stereocenters. The van der Waals surface area contributed by atoms with Gasteiger partial charge in [-0.05, 0) is 34.7 Å². The van der Waals surface area contributed by atoms with Gasteiger partial charge in [-0.25, -0.2) is 0 Å². The Labute approximate surface area is 171 Å². The van der Waals surface area contributed by atoms with Gasteiger partial charge in [0.1, 0.15) is 6.54 Å². The van der Waals surface area contributed by atoms with E-state index < -0.39 is 0 Å². The van der Waals surface area contributed by atoms with Gasteiger partial charge in [-0.3, -0.25) is 4.79 Å². The molecule has 4 rings (SSSR count).